The first kappa shape index (κ1) is 19.0. The van der Waals surface area contributed by atoms with Crippen molar-refractivity contribution >= 4 is 21.6 Å². The smallest absolute Gasteiger partial charge is 0.243 e. The molecular weight excluding hydrogens is 380 g/mol. The fourth-order valence-corrected chi connectivity index (χ4v) is 4.66. The highest BCUT2D eigenvalue weighted by Gasteiger charge is 2.33. The predicted octanol–water partition coefficient (Wildman–Crippen LogP) is 1.65. The molecule has 2 aromatic rings. The molecule has 1 aliphatic carbocycles. The van der Waals surface area contributed by atoms with E-state index in [0.717, 1.165) is 18.4 Å². The molecule has 2 heterocycles. The Kier molecular flexibility index (Phi) is 4.90. The van der Waals surface area contributed by atoms with E-state index in [9.17, 15) is 13.2 Å². The fourth-order valence-electron chi connectivity index (χ4n) is 3.22. The van der Waals surface area contributed by atoms with E-state index in [2.05, 4.69) is 9.97 Å². The molecule has 1 saturated carbocycles. The molecule has 4 rings (SSSR count). The van der Waals surface area contributed by atoms with Gasteiger partial charge in [0.1, 0.15) is 5.69 Å². The Morgan fingerprint density at radius 3 is 2.64 bits per heavy atom. The summed E-state index contributed by atoms with van der Waals surface area (Å²) < 4.78 is 32.6. The Bertz CT molecular complexity index is 1030. The molecule has 1 saturated heterocycles. The lowest BCUT2D eigenvalue weighted by Crippen LogP contribution is -2.40. The number of Topliss-reactive ketones (excluding diaryl/α,β-unsaturated/α-hetero) is 1. The lowest BCUT2D eigenvalue weighted by Gasteiger charge is -2.26. The van der Waals surface area contributed by atoms with Crippen molar-refractivity contribution in [3.63, 3.8) is 0 Å². The Morgan fingerprint density at radius 2 is 1.96 bits per heavy atom. The molecule has 2 fully saturated rings. The van der Waals surface area contributed by atoms with Crippen LogP contribution >= 0.6 is 0 Å². The number of nitrogens with zero attached hydrogens (tertiary/aromatic N) is 3. The zero-order valence-corrected chi connectivity index (χ0v) is 16.4. The molecule has 0 unspecified atom stereocenters. The van der Waals surface area contributed by atoms with Gasteiger partial charge in [-0.1, -0.05) is 6.07 Å². The summed E-state index contributed by atoms with van der Waals surface area (Å²) in [7, 11) is -3.63. The standard InChI is InChI=1S/C19H22N4O4S/c1-12-2-5-14(28(25,26)23-6-8-27-9-7-23)10-15(12)16-11-21-19(20)17(22-16)18(24)13-3-4-13/h2,5,10-11,13H,3-4,6-9H2,1H3,(H2,20,21). The van der Waals surface area contributed by atoms with E-state index in [0.29, 0.717) is 37.6 Å². The number of nitrogen functional groups attached to an aromatic ring is 1. The van der Waals surface area contributed by atoms with Crippen LogP contribution in [-0.2, 0) is 14.8 Å². The van der Waals surface area contributed by atoms with Gasteiger partial charge in [0.2, 0.25) is 10.0 Å². The second-order valence-electron chi connectivity index (χ2n) is 7.12. The lowest BCUT2D eigenvalue weighted by molar-refractivity contribution is 0.0730. The molecule has 1 aromatic heterocycles. The van der Waals surface area contributed by atoms with E-state index < -0.39 is 10.0 Å². The van der Waals surface area contributed by atoms with Crippen LogP contribution in [0.3, 0.4) is 0 Å². The third kappa shape index (κ3) is 3.52. The third-order valence-electron chi connectivity index (χ3n) is 5.08. The largest absolute Gasteiger partial charge is 0.382 e. The first-order valence-electron chi connectivity index (χ1n) is 9.23. The van der Waals surface area contributed by atoms with Crippen molar-refractivity contribution in [1.29, 1.82) is 0 Å². The van der Waals surface area contributed by atoms with E-state index in [1.54, 1.807) is 18.2 Å². The summed E-state index contributed by atoms with van der Waals surface area (Å²) in [5, 5.41) is 0. The molecule has 1 aromatic carbocycles. The Hall–Kier alpha value is -2.36. The summed E-state index contributed by atoms with van der Waals surface area (Å²) >= 11 is 0. The average molecular weight is 402 g/mol. The predicted molar refractivity (Wildman–Crippen MR) is 103 cm³/mol. The highest BCUT2D eigenvalue weighted by Crippen LogP contribution is 2.34. The maximum Gasteiger partial charge on any atom is 0.243 e. The highest BCUT2D eigenvalue weighted by atomic mass is 32.2. The number of ether oxygens (including phenoxy) is 1. The number of ketones is 1. The number of sulfonamides is 1. The molecule has 28 heavy (non-hydrogen) atoms. The highest BCUT2D eigenvalue weighted by molar-refractivity contribution is 7.89. The summed E-state index contributed by atoms with van der Waals surface area (Å²) in [5.41, 5.74) is 7.92. The summed E-state index contributed by atoms with van der Waals surface area (Å²) in [6.45, 7) is 3.28. The third-order valence-corrected chi connectivity index (χ3v) is 6.97. The molecular formula is C19H22N4O4S. The minimum Gasteiger partial charge on any atom is -0.382 e. The van der Waals surface area contributed by atoms with Crippen LogP contribution in [0.4, 0.5) is 5.82 Å². The van der Waals surface area contributed by atoms with E-state index in [1.165, 1.54) is 10.5 Å². The quantitative estimate of drug-likeness (QED) is 0.756. The van der Waals surface area contributed by atoms with Crippen LogP contribution in [-0.4, -0.2) is 54.8 Å². The average Bonchev–Trinajstić information content (AvgIpc) is 3.54. The Balaban J connectivity index is 1.73. The summed E-state index contributed by atoms with van der Waals surface area (Å²) in [6, 6.07) is 4.92. The van der Waals surface area contributed by atoms with Gasteiger partial charge in [-0.05, 0) is 37.5 Å². The van der Waals surface area contributed by atoms with Crippen molar-refractivity contribution in [3.05, 3.63) is 35.7 Å². The van der Waals surface area contributed by atoms with Crippen molar-refractivity contribution < 1.29 is 17.9 Å². The molecule has 2 aliphatic rings. The number of hydrogen-bond donors (Lipinski definition) is 1. The topological polar surface area (TPSA) is 115 Å². The van der Waals surface area contributed by atoms with Crippen LogP contribution in [0.15, 0.2) is 29.3 Å². The molecule has 2 N–H and O–H groups in total. The number of aromatic nitrogens is 2. The van der Waals surface area contributed by atoms with Crippen LogP contribution in [0.2, 0.25) is 0 Å². The van der Waals surface area contributed by atoms with Crippen molar-refractivity contribution in [2.24, 2.45) is 5.92 Å². The molecule has 9 heteroatoms. The second kappa shape index (κ2) is 7.23. The van der Waals surface area contributed by atoms with Crippen LogP contribution in [0, 0.1) is 12.8 Å². The lowest BCUT2D eigenvalue weighted by atomic mass is 10.1. The Morgan fingerprint density at radius 1 is 1.25 bits per heavy atom. The van der Waals surface area contributed by atoms with E-state index in [4.69, 9.17) is 10.5 Å². The number of morpholine rings is 1. The maximum absolute atomic E-state index is 13.0. The summed E-state index contributed by atoms with van der Waals surface area (Å²) in [5.74, 6) is -0.0158. The first-order chi connectivity index (χ1) is 13.4. The van der Waals surface area contributed by atoms with E-state index >= 15 is 0 Å². The number of nitrogens with two attached hydrogens (primary N) is 1. The van der Waals surface area contributed by atoms with E-state index in [1.807, 2.05) is 6.92 Å². The molecule has 0 atom stereocenters. The number of carbonyl (C=O) groups excluding carboxylic acids is 1. The summed E-state index contributed by atoms with van der Waals surface area (Å²) in [6.07, 6.45) is 3.17. The zero-order chi connectivity index (χ0) is 19.9. The number of hydrogen-bond acceptors (Lipinski definition) is 7. The van der Waals surface area contributed by atoms with E-state index in [-0.39, 0.29) is 28.1 Å². The molecule has 0 spiro atoms. The number of rotatable bonds is 5. The Labute approximate surface area is 163 Å². The molecule has 148 valence electrons. The van der Waals surface area contributed by atoms with Gasteiger partial charge in [0.05, 0.1) is 30.0 Å². The van der Waals surface area contributed by atoms with Gasteiger partial charge >= 0.3 is 0 Å². The van der Waals surface area contributed by atoms with Crippen LogP contribution in [0.1, 0.15) is 28.9 Å². The minimum absolute atomic E-state index is 0.0269. The maximum atomic E-state index is 13.0. The van der Waals surface area contributed by atoms with Gasteiger partial charge in [0.25, 0.3) is 0 Å². The van der Waals surface area contributed by atoms with Crippen LogP contribution in [0.25, 0.3) is 11.3 Å². The van der Waals surface area contributed by atoms with Gasteiger partial charge in [-0.3, -0.25) is 4.79 Å². The molecule has 8 nitrogen and oxygen atoms in total. The van der Waals surface area contributed by atoms with Gasteiger partial charge in [-0.15, -0.1) is 0 Å². The van der Waals surface area contributed by atoms with Gasteiger partial charge in [-0.25, -0.2) is 18.4 Å². The van der Waals surface area contributed by atoms with Gasteiger partial charge < -0.3 is 10.5 Å². The summed E-state index contributed by atoms with van der Waals surface area (Å²) in [4.78, 5) is 21.2. The molecule has 0 bridgehead atoms. The number of anilines is 1. The van der Waals surface area contributed by atoms with Gasteiger partial charge in [-0.2, -0.15) is 4.31 Å². The SMILES string of the molecule is Cc1ccc(S(=O)(=O)N2CCOCC2)cc1-c1cnc(N)c(C(=O)C2CC2)n1. The molecule has 0 radical (unpaired) electrons. The second-order valence-corrected chi connectivity index (χ2v) is 9.06. The van der Waals surface area contributed by atoms with Crippen molar-refractivity contribution in [3.8, 4) is 11.3 Å². The van der Waals surface area contributed by atoms with Crippen molar-refractivity contribution in [2.75, 3.05) is 32.0 Å². The first-order valence-corrected chi connectivity index (χ1v) is 10.7. The van der Waals surface area contributed by atoms with Crippen molar-refractivity contribution in [1.82, 2.24) is 14.3 Å². The number of carbonyl (C=O) groups is 1. The zero-order valence-electron chi connectivity index (χ0n) is 15.6. The minimum atomic E-state index is -3.63. The normalized spacial score (nSPS) is 18.2. The van der Waals surface area contributed by atoms with Crippen LogP contribution in [0.5, 0.6) is 0 Å². The van der Waals surface area contributed by atoms with Crippen LogP contribution < -0.4 is 5.73 Å². The van der Waals surface area contributed by atoms with Gasteiger partial charge in [0, 0.05) is 24.6 Å². The number of benzene rings is 1. The fraction of sp³-hybridized carbons (Fsp3) is 0.421. The van der Waals surface area contributed by atoms with Gasteiger partial charge in [0.15, 0.2) is 11.6 Å². The monoisotopic (exact) mass is 402 g/mol. The molecule has 0 amide bonds. The number of aryl methyl sites for hydroxylation is 1. The molecule has 1 aliphatic heterocycles. The van der Waals surface area contributed by atoms with Crippen molar-refractivity contribution in [2.45, 2.75) is 24.7 Å².